The molecule has 0 aliphatic carbocycles. The third kappa shape index (κ3) is 14.7. The SMILES string of the molecule is C=C(C)C(=O)O.c1ccc(-c2ccccc2)cc1.c1ccc(-c2ccccc2)cc1.c1ccc(-c2ccccc2)cc1.c1ccc(-c2ccccc2)cc1. The lowest BCUT2D eigenvalue weighted by molar-refractivity contribution is -0.132. The van der Waals surface area contributed by atoms with E-state index in [1.165, 1.54) is 51.4 Å². The van der Waals surface area contributed by atoms with Crippen molar-refractivity contribution in [1.82, 2.24) is 0 Å². The molecule has 8 aromatic carbocycles. The Morgan fingerprint density at radius 1 is 0.296 bits per heavy atom. The largest absolute Gasteiger partial charge is 0.478 e. The molecule has 54 heavy (non-hydrogen) atoms. The fourth-order valence-electron chi connectivity index (χ4n) is 5.04. The Balaban J connectivity index is 0.000000153. The molecule has 8 rings (SSSR count). The van der Waals surface area contributed by atoms with Crippen molar-refractivity contribution in [2.75, 3.05) is 0 Å². The first-order valence-corrected chi connectivity index (χ1v) is 17.8. The second-order valence-electron chi connectivity index (χ2n) is 12.0. The fraction of sp³-hybridized carbons (Fsp3) is 0.0192. The van der Waals surface area contributed by atoms with Crippen molar-refractivity contribution in [3.05, 3.63) is 255 Å². The van der Waals surface area contributed by atoms with Crippen LogP contribution in [0, 0.1) is 0 Å². The summed E-state index contributed by atoms with van der Waals surface area (Å²) in [5, 5.41) is 7.89. The van der Waals surface area contributed by atoms with Crippen LogP contribution in [-0.2, 0) is 4.79 Å². The van der Waals surface area contributed by atoms with Gasteiger partial charge >= 0.3 is 5.97 Å². The van der Waals surface area contributed by atoms with Gasteiger partial charge in [-0.3, -0.25) is 0 Å². The van der Waals surface area contributed by atoms with Gasteiger partial charge in [-0.15, -0.1) is 0 Å². The van der Waals surface area contributed by atoms with Crippen LogP contribution in [0.15, 0.2) is 255 Å². The van der Waals surface area contributed by atoms with E-state index in [0.717, 1.165) is 0 Å². The van der Waals surface area contributed by atoms with E-state index in [1.54, 1.807) is 0 Å². The highest BCUT2D eigenvalue weighted by Gasteiger charge is 1.95. The molecule has 8 aromatic rings. The molecule has 0 radical (unpaired) electrons. The van der Waals surface area contributed by atoms with Gasteiger partial charge in [-0.1, -0.05) is 249 Å². The van der Waals surface area contributed by atoms with E-state index in [4.69, 9.17) is 5.11 Å². The van der Waals surface area contributed by atoms with Crippen molar-refractivity contribution < 1.29 is 9.90 Å². The first-order chi connectivity index (χ1) is 26.5. The lowest BCUT2D eigenvalue weighted by Crippen LogP contribution is -1.92. The third-order valence-electron chi connectivity index (χ3n) is 7.89. The van der Waals surface area contributed by atoms with E-state index in [1.807, 2.05) is 48.5 Å². The van der Waals surface area contributed by atoms with E-state index in [2.05, 4.69) is 201 Å². The second kappa shape index (κ2) is 23.4. The molecular formula is C52H46O2. The Morgan fingerprint density at radius 2 is 0.389 bits per heavy atom. The van der Waals surface area contributed by atoms with E-state index in [0.29, 0.717) is 0 Å². The summed E-state index contributed by atoms with van der Waals surface area (Å²) < 4.78 is 0. The van der Waals surface area contributed by atoms with Gasteiger partial charge in [0, 0.05) is 5.57 Å². The summed E-state index contributed by atoms with van der Waals surface area (Å²) in [7, 11) is 0. The van der Waals surface area contributed by atoms with Crippen molar-refractivity contribution in [2.45, 2.75) is 6.92 Å². The molecule has 0 aromatic heterocycles. The summed E-state index contributed by atoms with van der Waals surface area (Å²) in [6.07, 6.45) is 0. The average Bonchev–Trinajstić information content (AvgIpc) is 3.27. The molecule has 0 heterocycles. The number of carbonyl (C=O) groups is 1. The Kier molecular flexibility index (Phi) is 17.3. The van der Waals surface area contributed by atoms with Crippen LogP contribution in [0.4, 0.5) is 0 Å². The molecule has 0 bridgehead atoms. The van der Waals surface area contributed by atoms with Crippen LogP contribution >= 0.6 is 0 Å². The van der Waals surface area contributed by atoms with Crippen LogP contribution in [0.5, 0.6) is 0 Å². The smallest absolute Gasteiger partial charge is 0.330 e. The zero-order chi connectivity index (χ0) is 38.1. The predicted octanol–water partition coefficient (Wildman–Crippen LogP) is 14.1. The lowest BCUT2D eigenvalue weighted by atomic mass is 10.1. The van der Waals surface area contributed by atoms with Gasteiger partial charge < -0.3 is 5.11 Å². The van der Waals surface area contributed by atoms with Crippen LogP contribution in [-0.4, -0.2) is 11.1 Å². The lowest BCUT2D eigenvalue weighted by Gasteiger charge is -1.98. The molecule has 0 fully saturated rings. The quantitative estimate of drug-likeness (QED) is 0.181. The van der Waals surface area contributed by atoms with Crippen LogP contribution in [0.25, 0.3) is 44.5 Å². The first kappa shape index (κ1) is 39.8. The van der Waals surface area contributed by atoms with Crippen LogP contribution in [0.1, 0.15) is 6.92 Å². The summed E-state index contributed by atoms with van der Waals surface area (Å²) >= 11 is 0. The molecule has 0 aliphatic heterocycles. The molecule has 2 heteroatoms. The van der Waals surface area contributed by atoms with Crippen molar-refractivity contribution in [2.24, 2.45) is 0 Å². The first-order valence-electron chi connectivity index (χ1n) is 17.8. The number of carboxylic acid groups (broad SMARTS) is 1. The minimum atomic E-state index is -0.935. The molecule has 0 amide bonds. The molecule has 2 nitrogen and oxygen atoms in total. The van der Waals surface area contributed by atoms with Crippen molar-refractivity contribution >= 4 is 5.97 Å². The standard InChI is InChI=1S/4C12H10.C4H6O2/c4*1-3-7-11(8-4-1)12-9-5-2-6-10-12;1-3(2)4(5)6/h4*1-10H;1H2,2H3,(H,5,6). The molecule has 0 atom stereocenters. The number of benzene rings is 8. The molecule has 0 saturated carbocycles. The van der Waals surface area contributed by atoms with Gasteiger partial charge in [0.25, 0.3) is 0 Å². The highest BCUT2D eigenvalue weighted by Crippen LogP contribution is 2.20. The topological polar surface area (TPSA) is 37.3 Å². The van der Waals surface area contributed by atoms with Gasteiger partial charge in [0.1, 0.15) is 0 Å². The average molecular weight is 703 g/mol. The predicted molar refractivity (Wildman–Crippen MR) is 230 cm³/mol. The minimum absolute atomic E-state index is 0.176. The Morgan fingerprint density at radius 3 is 0.463 bits per heavy atom. The number of hydrogen-bond donors (Lipinski definition) is 1. The molecule has 0 saturated heterocycles. The highest BCUT2D eigenvalue weighted by molar-refractivity contribution is 5.84. The maximum absolute atomic E-state index is 9.60. The van der Waals surface area contributed by atoms with Crippen molar-refractivity contribution in [3.63, 3.8) is 0 Å². The summed E-state index contributed by atoms with van der Waals surface area (Å²) in [6, 6.07) is 83.1. The fourth-order valence-corrected chi connectivity index (χ4v) is 5.04. The monoisotopic (exact) mass is 702 g/mol. The Labute approximate surface area is 321 Å². The van der Waals surface area contributed by atoms with Gasteiger partial charge in [0.05, 0.1) is 0 Å². The molecule has 0 unspecified atom stereocenters. The normalized spacial score (nSPS) is 9.43. The Hall–Kier alpha value is -7.03. The number of carboxylic acids is 1. The zero-order valence-corrected chi connectivity index (χ0v) is 30.7. The summed E-state index contributed by atoms with van der Waals surface area (Å²) in [6.45, 7) is 4.60. The van der Waals surface area contributed by atoms with Gasteiger partial charge in [-0.05, 0) is 51.4 Å². The third-order valence-corrected chi connectivity index (χ3v) is 7.89. The van der Waals surface area contributed by atoms with Crippen LogP contribution in [0.2, 0.25) is 0 Å². The van der Waals surface area contributed by atoms with Gasteiger partial charge in [-0.25, -0.2) is 4.79 Å². The van der Waals surface area contributed by atoms with Crippen molar-refractivity contribution in [1.29, 1.82) is 0 Å². The second-order valence-corrected chi connectivity index (χ2v) is 12.0. The number of hydrogen-bond acceptors (Lipinski definition) is 1. The van der Waals surface area contributed by atoms with E-state index in [-0.39, 0.29) is 5.57 Å². The number of aliphatic carboxylic acids is 1. The molecule has 0 aliphatic rings. The maximum Gasteiger partial charge on any atom is 0.330 e. The van der Waals surface area contributed by atoms with Crippen molar-refractivity contribution in [3.8, 4) is 44.5 Å². The van der Waals surface area contributed by atoms with E-state index in [9.17, 15) is 4.79 Å². The molecule has 1 N–H and O–H groups in total. The zero-order valence-electron chi connectivity index (χ0n) is 30.7. The van der Waals surface area contributed by atoms with Crippen LogP contribution in [0.3, 0.4) is 0 Å². The summed E-state index contributed by atoms with van der Waals surface area (Å²) in [5.41, 5.74) is 10.4. The van der Waals surface area contributed by atoms with Crippen LogP contribution < -0.4 is 0 Å². The van der Waals surface area contributed by atoms with Gasteiger partial charge in [-0.2, -0.15) is 0 Å². The summed E-state index contributed by atoms with van der Waals surface area (Å²) in [4.78, 5) is 9.60. The summed E-state index contributed by atoms with van der Waals surface area (Å²) in [5.74, 6) is -0.935. The van der Waals surface area contributed by atoms with E-state index < -0.39 is 5.97 Å². The maximum atomic E-state index is 9.60. The minimum Gasteiger partial charge on any atom is -0.478 e. The van der Waals surface area contributed by atoms with Gasteiger partial charge in [0.2, 0.25) is 0 Å². The molecular weight excluding hydrogens is 657 g/mol. The number of rotatable bonds is 5. The molecule has 266 valence electrons. The molecule has 0 spiro atoms. The van der Waals surface area contributed by atoms with Gasteiger partial charge in [0.15, 0.2) is 0 Å². The Bertz CT molecular complexity index is 1690. The van der Waals surface area contributed by atoms with E-state index >= 15 is 0 Å². The highest BCUT2D eigenvalue weighted by atomic mass is 16.4.